The molecule has 1 aliphatic rings. The Morgan fingerprint density at radius 1 is 1.44 bits per heavy atom. The first kappa shape index (κ1) is 12.2. The molecule has 0 N–H and O–H groups in total. The van der Waals surface area contributed by atoms with E-state index in [0.717, 1.165) is 23.1 Å². The summed E-state index contributed by atoms with van der Waals surface area (Å²) in [5, 5.41) is 1.17. The van der Waals surface area contributed by atoms with Crippen molar-refractivity contribution in [3.05, 3.63) is 27.0 Å². The number of fused-ring (bicyclic) bond motifs is 1. The van der Waals surface area contributed by atoms with Gasteiger partial charge < -0.3 is 4.57 Å². The molecule has 1 saturated carbocycles. The fourth-order valence-electron chi connectivity index (χ4n) is 1.82. The van der Waals surface area contributed by atoms with Gasteiger partial charge in [-0.15, -0.1) is 0 Å². The van der Waals surface area contributed by atoms with Gasteiger partial charge in [-0.25, -0.2) is 0 Å². The van der Waals surface area contributed by atoms with Gasteiger partial charge in [-0.3, -0.25) is 4.79 Å². The molecular formula is C12H10Cl2N2OS. The Kier molecular flexibility index (Phi) is 2.96. The molecule has 0 unspecified atom stereocenters. The van der Waals surface area contributed by atoms with Gasteiger partial charge in [-0.1, -0.05) is 34.5 Å². The average Bonchev–Trinajstić information content (AvgIpc) is 3.06. The molecule has 1 heterocycles. The summed E-state index contributed by atoms with van der Waals surface area (Å²) in [6, 6.07) is 3.54. The number of hydrogen-bond donors (Lipinski definition) is 0. The van der Waals surface area contributed by atoms with Crippen LogP contribution in [0.1, 0.15) is 12.8 Å². The van der Waals surface area contributed by atoms with Crippen molar-refractivity contribution in [1.82, 2.24) is 4.57 Å². The highest BCUT2D eigenvalue weighted by atomic mass is 35.5. The standard InChI is InChI=1S/C12H10Cl2N2OS/c1-16-10-8(14)4-7(13)5-9(10)18-12(16)15-11(17)6-2-3-6/h4-6H,2-3H2,1H3. The van der Waals surface area contributed by atoms with Crippen LogP contribution in [0.15, 0.2) is 17.1 Å². The molecule has 6 heteroatoms. The van der Waals surface area contributed by atoms with Crippen molar-refractivity contribution < 1.29 is 4.79 Å². The zero-order valence-electron chi connectivity index (χ0n) is 9.61. The van der Waals surface area contributed by atoms with Crippen LogP contribution in [-0.2, 0) is 11.8 Å². The maximum atomic E-state index is 11.7. The van der Waals surface area contributed by atoms with Crippen LogP contribution in [0.2, 0.25) is 10.0 Å². The number of nitrogens with zero attached hydrogens (tertiary/aromatic N) is 2. The van der Waals surface area contributed by atoms with Gasteiger partial charge in [-0.2, -0.15) is 4.99 Å². The predicted octanol–water partition coefficient (Wildman–Crippen LogP) is 3.38. The van der Waals surface area contributed by atoms with Crippen molar-refractivity contribution in [2.45, 2.75) is 12.8 Å². The molecule has 0 aliphatic heterocycles. The summed E-state index contributed by atoms with van der Waals surface area (Å²) in [6.07, 6.45) is 1.92. The molecule has 1 aromatic carbocycles. The van der Waals surface area contributed by atoms with Crippen molar-refractivity contribution in [2.24, 2.45) is 18.0 Å². The summed E-state index contributed by atoms with van der Waals surface area (Å²) >= 11 is 13.6. The van der Waals surface area contributed by atoms with Gasteiger partial charge in [0.2, 0.25) is 0 Å². The molecule has 0 spiro atoms. The average molecular weight is 301 g/mol. The van der Waals surface area contributed by atoms with Gasteiger partial charge in [0.05, 0.1) is 15.2 Å². The van der Waals surface area contributed by atoms with E-state index in [1.54, 1.807) is 6.07 Å². The molecular weight excluding hydrogens is 291 g/mol. The third-order valence-electron chi connectivity index (χ3n) is 2.95. The summed E-state index contributed by atoms with van der Waals surface area (Å²) in [5.74, 6) is 0.105. The normalized spacial score (nSPS) is 16.5. The maximum absolute atomic E-state index is 11.7. The fourth-order valence-corrected chi connectivity index (χ4v) is 3.65. The third-order valence-corrected chi connectivity index (χ3v) is 4.53. The molecule has 1 aromatic heterocycles. The molecule has 0 radical (unpaired) electrons. The number of hydrogen-bond acceptors (Lipinski definition) is 2. The number of carbonyl (C=O) groups excluding carboxylic acids is 1. The minimum atomic E-state index is -0.0284. The van der Waals surface area contributed by atoms with E-state index >= 15 is 0 Å². The molecule has 3 rings (SSSR count). The highest BCUT2D eigenvalue weighted by Crippen LogP contribution is 2.31. The monoisotopic (exact) mass is 300 g/mol. The number of aryl methyl sites for hydroxylation is 1. The lowest BCUT2D eigenvalue weighted by atomic mass is 10.3. The number of carbonyl (C=O) groups is 1. The molecule has 0 saturated heterocycles. The van der Waals surface area contributed by atoms with E-state index in [-0.39, 0.29) is 11.8 Å². The van der Waals surface area contributed by atoms with Crippen molar-refractivity contribution >= 4 is 50.7 Å². The highest BCUT2D eigenvalue weighted by Gasteiger charge is 2.29. The molecule has 1 aliphatic carbocycles. The van der Waals surface area contributed by atoms with Crippen LogP contribution in [0.4, 0.5) is 0 Å². The molecule has 1 fully saturated rings. The molecule has 94 valence electrons. The van der Waals surface area contributed by atoms with Crippen molar-refractivity contribution in [3.8, 4) is 0 Å². The fraction of sp³-hybridized carbons (Fsp3) is 0.333. The van der Waals surface area contributed by atoms with E-state index in [1.165, 1.54) is 11.3 Å². The number of aromatic nitrogens is 1. The van der Waals surface area contributed by atoms with Crippen molar-refractivity contribution in [2.75, 3.05) is 0 Å². The van der Waals surface area contributed by atoms with Gasteiger partial charge in [-0.05, 0) is 25.0 Å². The topological polar surface area (TPSA) is 34.4 Å². The molecule has 18 heavy (non-hydrogen) atoms. The van der Waals surface area contributed by atoms with E-state index in [1.807, 2.05) is 17.7 Å². The van der Waals surface area contributed by atoms with E-state index in [2.05, 4.69) is 4.99 Å². The van der Waals surface area contributed by atoms with Gasteiger partial charge in [0.15, 0.2) is 4.80 Å². The lowest BCUT2D eigenvalue weighted by molar-refractivity contribution is -0.119. The number of benzene rings is 1. The zero-order chi connectivity index (χ0) is 12.9. The van der Waals surface area contributed by atoms with Crippen LogP contribution in [0.25, 0.3) is 10.2 Å². The van der Waals surface area contributed by atoms with Gasteiger partial charge in [0, 0.05) is 18.0 Å². The van der Waals surface area contributed by atoms with Gasteiger partial charge in [0.1, 0.15) is 0 Å². The molecule has 1 amide bonds. The number of rotatable bonds is 1. The summed E-state index contributed by atoms with van der Waals surface area (Å²) in [7, 11) is 1.86. The summed E-state index contributed by atoms with van der Waals surface area (Å²) < 4.78 is 2.79. The van der Waals surface area contributed by atoms with Gasteiger partial charge >= 0.3 is 0 Å². The minimum Gasteiger partial charge on any atom is -0.318 e. The number of thiazole rings is 1. The molecule has 3 nitrogen and oxygen atoms in total. The van der Waals surface area contributed by atoms with Crippen LogP contribution in [0, 0.1) is 5.92 Å². The quantitative estimate of drug-likeness (QED) is 0.795. The van der Waals surface area contributed by atoms with Crippen LogP contribution >= 0.6 is 34.5 Å². The Hall–Kier alpha value is -0.840. The van der Waals surface area contributed by atoms with Crippen LogP contribution in [-0.4, -0.2) is 10.5 Å². The zero-order valence-corrected chi connectivity index (χ0v) is 11.9. The molecule has 0 bridgehead atoms. The second kappa shape index (κ2) is 4.37. The largest absolute Gasteiger partial charge is 0.318 e. The van der Waals surface area contributed by atoms with E-state index in [4.69, 9.17) is 23.2 Å². The Labute approximate surface area is 118 Å². The predicted molar refractivity (Wildman–Crippen MR) is 74.1 cm³/mol. The van der Waals surface area contributed by atoms with E-state index < -0.39 is 0 Å². The molecule has 2 aromatic rings. The Morgan fingerprint density at radius 2 is 2.17 bits per heavy atom. The second-order valence-electron chi connectivity index (χ2n) is 4.40. The Balaban J connectivity index is 2.22. The van der Waals surface area contributed by atoms with Gasteiger partial charge in [0.25, 0.3) is 5.91 Å². The first-order valence-electron chi connectivity index (χ1n) is 5.59. The second-order valence-corrected chi connectivity index (χ2v) is 6.26. The van der Waals surface area contributed by atoms with Crippen LogP contribution in [0.5, 0.6) is 0 Å². The first-order chi connectivity index (χ1) is 8.56. The first-order valence-corrected chi connectivity index (χ1v) is 7.16. The smallest absolute Gasteiger partial charge is 0.251 e. The van der Waals surface area contributed by atoms with Crippen molar-refractivity contribution in [3.63, 3.8) is 0 Å². The maximum Gasteiger partial charge on any atom is 0.251 e. The minimum absolute atomic E-state index is 0.0284. The number of halogens is 2. The van der Waals surface area contributed by atoms with Crippen LogP contribution < -0.4 is 4.80 Å². The van der Waals surface area contributed by atoms with Crippen LogP contribution in [0.3, 0.4) is 0 Å². The lowest BCUT2D eigenvalue weighted by Gasteiger charge is -1.98. The van der Waals surface area contributed by atoms with E-state index in [9.17, 15) is 4.79 Å². The summed E-state index contributed by atoms with van der Waals surface area (Å²) in [5.41, 5.74) is 0.869. The van der Waals surface area contributed by atoms with E-state index in [0.29, 0.717) is 14.8 Å². The Morgan fingerprint density at radius 3 is 2.83 bits per heavy atom. The van der Waals surface area contributed by atoms with Crippen molar-refractivity contribution in [1.29, 1.82) is 0 Å². The number of amides is 1. The highest BCUT2D eigenvalue weighted by molar-refractivity contribution is 7.16. The summed E-state index contributed by atoms with van der Waals surface area (Å²) in [4.78, 5) is 16.6. The lowest BCUT2D eigenvalue weighted by Crippen LogP contribution is -2.13. The third kappa shape index (κ3) is 2.09. The SMILES string of the molecule is Cn1c(=NC(=O)C2CC2)sc2cc(Cl)cc(Cl)c21. The molecule has 0 atom stereocenters. The Bertz CT molecular complexity index is 713. The summed E-state index contributed by atoms with van der Waals surface area (Å²) in [6.45, 7) is 0.